The number of thioether (sulfide) groups is 1. The molecule has 3 amide bonds. The molecule has 0 unspecified atom stereocenters. The first-order valence-electron chi connectivity index (χ1n) is 8.12. The number of amides is 3. The van der Waals surface area contributed by atoms with Crippen LogP contribution in [0.4, 0.5) is 10.5 Å². The summed E-state index contributed by atoms with van der Waals surface area (Å²) in [6.07, 6.45) is 0. The molecule has 0 atom stereocenters. The summed E-state index contributed by atoms with van der Waals surface area (Å²) in [7, 11) is 1.63. The summed E-state index contributed by atoms with van der Waals surface area (Å²) in [6, 6.07) is 8.23. The molecule has 0 fully saturated rings. The minimum Gasteiger partial charge on any atom is -0.308 e. The van der Waals surface area contributed by atoms with Crippen molar-refractivity contribution in [2.75, 3.05) is 11.1 Å². The van der Waals surface area contributed by atoms with E-state index in [1.54, 1.807) is 31.3 Å². The van der Waals surface area contributed by atoms with Crippen molar-refractivity contribution in [3.05, 3.63) is 51.1 Å². The van der Waals surface area contributed by atoms with Crippen molar-refractivity contribution >= 4 is 50.9 Å². The van der Waals surface area contributed by atoms with Crippen LogP contribution < -0.4 is 16.2 Å². The Morgan fingerprint density at radius 3 is 2.63 bits per heavy atom. The van der Waals surface area contributed by atoms with Crippen molar-refractivity contribution in [3.8, 4) is 0 Å². The normalized spacial score (nSPS) is 10.8. The number of benzene rings is 1. The number of aromatic nitrogens is 2. The molecule has 3 rings (SSSR count). The van der Waals surface area contributed by atoms with Gasteiger partial charge in [-0.3, -0.25) is 19.5 Å². The van der Waals surface area contributed by atoms with Gasteiger partial charge in [-0.15, -0.1) is 11.3 Å². The molecule has 0 aliphatic carbocycles. The molecule has 0 saturated carbocycles. The molecule has 27 heavy (non-hydrogen) atoms. The molecular weight excluding hydrogens is 384 g/mol. The van der Waals surface area contributed by atoms with Crippen molar-refractivity contribution in [2.45, 2.75) is 19.0 Å². The number of carbonyl (C=O) groups is 2. The van der Waals surface area contributed by atoms with E-state index in [9.17, 15) is 14.4 Å². The molecule has 0 spiro atoms. The standard InChI is InChI=1S/C18H18N4O3S2/c1-10-11(2)27-15-14(10)16(24)22(3)18(21-15)26-9-13(23)20-17(25)19-12-7-5-4-6-8-12/h4-8H,9H2,1-3H3,(H2,19,20,23,25). The van der Waals surface area contributed by atoms with Crippen LogP contribution in [0.15, 0.2) is 40.3 Å². The summed E-state index contributed by atoms with van der Waals surface area (Å²) >= 11 is 2.57. The van der Waals surface area contributed by atoms with E-state index in [0.717, 1.165) is 22.2 Å². The first-order chi connectivity index (χ1) is 12.9. The maximum Gasteiger partial charge on any atom is 0.325 e. The van der Waals surface area contributed by atoms with Gasteiger partial charge in [0.15, 0.2) is 5.16 Å². The Bertz CT molecular complexity index is 1070. The smallest absolute Gasteiger partial charge is 0.308 e. The van der Waals surface area contributed by atoms with Crippen molar-refractivity contribution in [3.63, 3.8) is 0 Å². The first-order valence-corrected chi connectivity index (χ1v) is 9.92. The van der Waals surface area contributed by atoms with Gasteiger partial charge < -0.3 is 5.32 Å². The van der Waals surface area contributed by atoms with Crippen LogP contribution in [-0.2, 0) is 11.8 Å². The molecule has 2 N–H and O–H groups in total. The van der Waals surface area contributed by atoms with Gasteiger partial charge in [0.25, 0.3) is 5.56 Å². The second-order valence-corrected chi connectivity index (χ2v) is 8.02. The van der Waals surface area contributed by atoms with E-state index < -0.39 is 11.9 Å². The van der Waals surface area contributed by atoms with Gasteiger partial charge >= 0.3 is 6.03 Å². The zero-order valence-corrected chi connectivity index (χ0v) is 16.7. The lowest BCUT2D eigenvalue weighted by Crippen LogP contribution is -2.35. The number of hydrogen-bond donors (Lipinski definition) is 2. The quantitative estimate of drug-likeness (QED) is 0.517. The topological polar surface area (TPSA) is 93.1 Å². The van der Waals surface area contributed by atoms with Gasteiger partial charge in [0.1, 0.15) is 4.83 Å². The zero-order chi connectivity index (χ0) is 19.6. The number of aryl methyl sites for hydroxylation is 2. The van der Waals surface area contributed by atoms with Gasteiger partial charge in [-0.2, -0.15) is 0 Å². The van der Waals surface area contributed by atoms with Gasteiger partial charge in [-0.1, -0.05) is 30.0 Å². The first kappa shape index (κ1) is 19.1. The number of para-hydroxylation sites is 1. The average molecular weight is 403 g/mol. The Morgan fingerprint density at radius 2 is 1.93 bits per heavy atom. The SMILES string of the molecule is Cc1sc2nc(SCC(=O)NC(=O)Nc3ccccc3)n(C)c(=O)c2c1C. The van der Waals surface area contributed by atoms with Gasteiger partial charge in [0, 0.05) is 17.6 Å². The Kier molecular flexibility index (Phi) is 5.62. The number of hydrogen-bond acceptors (Lipinski definition) is 6. The highest BCUT2D eigenvalue weighted by molar-refractivity contribution is 7.99. The van der Waals surface area contributed by atoms with Crippen LogP contribution in [0.1, 0.15) is 10.4 Å². The maximum atomic E-state index is 12.6. The molecule has 1 aromatic carbocycles. The Hall–Kier alpha value is -2.65. The van der Waals surface area contributed by atoms with Crippen LogP contribution >= 0.6 is 23.1 Å². The summed E-state index contributed by atoms with van der Waals surface area (Å²) in [5.41, 5.74) is 1.40. The molecule has 9 heteroatoms. The highest BCUT2D eigenvalue weighted by Crippen LogP contribution is 2.27. The minimum absolute atomic E-state index is 0.0304. The predicted molar refractivity (Wildman–Crippen MR) is 109 cm³/mol. The minimum atomic E-state index is -0.603. The molecule has 3 aromatic rings. The molecule has 0 bridgehead atoms. The Labute approximate surface area is 163 Å². The molecule has 2 heterocycles. The van der Waals surface area contributed by atoms with Gasteiger partial charge in [-0.25, -0.2) is 9.78 Å². The number of nitrogens with one attached hydrogen (secondary N) is 2. The number of urea groups is 1. The zero-order valence-electron chi connectivity index (χ0n) is 15.0. The van der Waals surface area contributed by atoms with Crippen LogP contribution in [0.3, 0.4) is 0 Å². The van der Waals surface area contributed by atoms with E-state index in [4.69, 9.17) is 0 Å². The summed E-state index contributed by atoms with van der Waals surface area (Å²) < 4.78 is 1.43. The molecule has 7 nitrogen and oxygen atoms in total. The fourth-order valence-corrected chi connectivity index (χ4v) is 4.30. The molecule has 0 radical (unpaired) electrons. The fraction of sp³-hybridized carbons (Fsp3) is 0.222. The Balaban J connectivity index is 1.66. The summed E-state index contributed by atoms with van der Waals surface area (Å²) in [5.74, 6) is -0.501. The number of rotatable bonds is 4. The number of anilines is 1. The average Bonchev–Trinajstić information content (AvgIpc) is 2.91. The van der Waals surface area contributed by atoms with Gasteiger partial charge in [0.05, 0.1) is 11.1 Å². The van der Waals surface area contributed by atoms with Gasteiger partial charge in [-0.05, 0) is 31.5 Å². The molecule has 2 aromatic heterocycles. The van der Waals surface area contributed by atoms with Crippen LogP contribution in [0.5, 0.6) is 0 Å². The molecule has 140 valence electrons. The van der Waals surface area contributed by atoms with Crippen molar-refractivity contribution in [2.24, 2.45) is 7.05 Å². The fourth-order valence-electron chi connectivity index (χ4n) is 2.46. The number of imide groups is 1. The number of thiophene rings is 1. The van der Waals surface area contributed by atoms with Crippen molar-refractivity contribution < 1.29 is 9.59 Å². The number of fused-ring (bicyclic) bond motifs is 1. The largest absolute Gasteiger partial charge is 0.325 e. The van der Waals surface area contributed by atoms with E-state index in [2.05, 4.69) is 15.6 Å². The van der Waals surface area contributed by atoms with E-state index in [-0.39, 0.29) is 11.3 Å². The van der Waals surface area contributed by atoms with E-state index in [1.807, 2.05) is 19.9 Å². The maximum absolute atomic E-state index is 12.6. The summed E-state index contributed by atoms with van der Waals surface area (Å²) in [5, 5.41) is 5.89. The van der Waals surface area contributed by atoms with Crippen molar-refractivity contribution in [1.82, 2.24) is 14.9 Å². The van der Waals surface area contributed by atoms with Crippen LogP contribution in [-0.4, -0.2) is 27.2 Å². The third kappa shape index (κ3) is 4.20. The van der Waals surface area contributed by atoms with E-state index >= 15 is 0 Å². The lowest BCUT2D eigenvalue weighted by Gasteiger charge is -2.08. The second kappa shape index (κ2) is 7.93. The van der Waals surface area contributed by atoms with E-state index in [0.29, 0.717) is 21.1 Å². The molecule has 0 saturated heterocycles. The summed E-state index contributed by atoms with van der Waals surface area (Å²) in [4.78, 5) is 42.7. The van der Waals surface area contributed by atoms with Crippen molar-refractivity contribution in [1.29, 1.82) is 0 Å². The summed E-state index contributed by atoms with van der Waals surface area (Å²) in [6.45, 7) is 3.86. The predicted octanol–water partition coefficient (Wildman–Crippen LogP) is 3.05. The Morgan fingerprint density at radius 1 is 1.22 bits per heavy atom. The van der Waals surface area contributed by atoms with Crippen LogP contribution in [0.25, 0.3) is 10.2 Å². The third-order valence-electron chi connectivity index (χ3n) is 3.99. The number of nitrogens with zero attached hydrogens (tertiary/aromatic N) is 2. The molecule has 0 aliphatic heterocycles. The second-order valence-electron chi connectivity index (χ2n) is 5.88. The molecule has 0 aliphatic rings. The van der Waals surface area contributed by atoms with Gasteiger partial charge in [0.2, 0.25) is 5.91 Å². The van der Waals surface area contributed by atoms with Crippen LogP contribution in [0.2, 0.25) is 0 Å². The highest BCUT2D eigenvalue weighted by atomic mass is 32.2. The molecular formula is C18H18N4O3S2. The monoisotopic (exact) mass is 402 g/mol. The third-order valence-corrected chi connectivity index (χ3v) is 6.12. The lowest BCUT2D eigenvalue weighted by atomic mass is 10.2. The highest BCUT2D eigenvalue weighted by Gasteiger charge is 2.16. The van der Waals surface area contributed by atoms with Crippen LogP contribution in [0, 0.1) is 13.8 Å². The lowest BCUT2D eigenvalue weighted by molar-refractivity contribution is -0.117. The van der Waals surface area contributed by atoms with E-state index in [1.165, 1.54) is 15.9 Å². The number of carbonyl (C=O) groups excluding carboxylic acids is 2.